The number of anilines is 1. The van der Waals surface area contributed by atoms with Crippen molar-refractivity contribution in [1.82, 2.24) is 5.32 Å². The van der Waals surface area contributed by atoms with E-state index < -0.39 is 23.0 Å². The van der Waals surface area contributed by atoms with Gasteiger partial charge in [-0.1, -0.05) is 44.7 Å². The van der Waals surface area contributed by atoms with Crippen LogP contribution in [0.2, 0.25) is 0 Å². The maximum atomic E-state index is 14.3. The molecule has 1 aliphatic rings. The quantitative estimate of drug-likeness (QED) is 0.568. The highest BCUT2D eigenvalue weighted by Gasteiger charge is 2.26. The number of carbonyl (C=O) groups excluding carboxylic acids is 3. The number of carbonyl (C=O) groups is 3. The molecule has 5 nitrogen and oxygen atoms in total. The molecule has 7 heteroatoms. The highest BCUT2D eigenvalue weighted by atomic mass is 19.1. The van der Waals surface area contributed by atoms with Crippen LogP contribution in [0.5, 0.6) is 0 Å². The van der Waals surface area contributed by atoms with Crippen LogP contribution in [0.15, 0.2) is 36.4 Å². The third kappa shape index (κ3) is 5.54. The van der Waals surface area contributed by atoms with Crippen molar-refractivity contribution in [3.05, 3.63) is 64.7 Å². The number of amides is 3. The molecule has 1 aliphatic heterocycles. The van der Waals surface area contributed by atoms with E-state index in [2.05, 4.69) is 22.5 Å². The first-order valence-electron chi connectivity index (χ1n) is 9.78. The van der Waals surface area contributed by atoms with Gasteiger partial charge in [0, 0.05) is 35.8 Å². The van der Waals surface area contributed by atoms with Crippen LogP contribution in [0, 0.1) is 28.9 Å². The van der Waals surface area contributed by atoms with Gasteiger partial charge in [0.2, 0.25) is 17.7 Å². The van der Waals surface area contributed by atoms with Crippen LogP contribution in [0.4, 0.5) is 14.5 Å². The molecule has 0 bridgehead atoms. The lowest BCUT2D eigenvalue weighted by molar-refractivity contribution is -0.133. The smallest absolute Gasteiger partial charge is 0.229 e. The van der Waals surface area contributed by atoms with Crippen molar-refractivity contribution in [2.24, 2.45) is 5.41 Å². The van der Waals surface area contributed by atoms with Gasteiger partial charge < -0.3 is 5.32 Å². The summed E-state index contributed by atoms with van der Waals surface area (Å²) < 4.78 is 28.1. The van der Waals surface area contributed by atoms with E-state index in [1.54, 1.807) is 45.0 Å². The van der Waals surface area contributed by atoms with E-state index in [1.807, 2.05) is 0 Å². The van der Waals surface area contributed by atoms with Gasteiger partial charge in [-0.25, -0.2) is 8.78 Å². The number of hydrogen-bond acceptors (Lipinski definition) is 3. The zero-order chi connectivity index (χ0) is 22.8. The lowest BCUT2D eigenvalue weighted by Gasteiger charge is -2.21. The summed E-state index contributed by atoms with van der Waals surface area (Å²) in [7, 11) is 0. The third-order valence-electron chi connectivity index (χ3n) is 4.84. The van der Waals surface area contributed by atoms with Crippen molar-refractivity contribution in [2.45, 2.75) is 39.5 Å². The Hall–Kier alpha value is -3.53. The van der Waals surface area contributed by atoms with E-state index in [4.69, 9.17) is 0 Å². The molecule has 1 heterocycles. The van der Waals surface area contributed by atoms with Crippen LogP contribution in [-0.4, -0.2) is 17.7 Å². The summed E-state index contributed by atoms with van der Waals surface area (Å²) in [5, 5.41) is 4.76. The normalized spacial score (nSPS) is 14.5. The molecule has 1 fully saturated rings. The van der Waals surface area contributed by atoms with E-state index >= 15 is 0 Å². The van der Waals surface area contributed by atoms with Gasteiger partial charge in [0.15, 0.2) is 5.82 Å². The predicted octanol–water partition coefficient (Wildman–Crippen LogP) is 3.87. The van der Waals surface area contributed by atoms with Gasteiger partial charge >= 0.3 is 0 Å². The topological polar surface area (TPSA) is 75.3 Å². The highest BCUT2D eigenvalue weighted by Crippen LogP contribution is 2.27. The molecule has 31 heavy (non-hydrogen) atoms. The lowest BCUT2D eigenvalue weighted by Crippen LogP contribution is -2.37. The molecule has 0 aromatic heterocycles. The molecular weight excluding hydrogens is 402 g/mol. The van der Waals surface area contributed by atoms with Crippen LogP contribution in [0.25, 0.3) is 0 Å². The Bertz CT molecular complexity index is 1090. The largest absolute Gasteiger partial charge is 0.322 e. The minimum atomic E-state index is -0.905. The molecule has 0 unspecified atom stereocenters. The van der Waals surface area contributed by atoms with E-state index in [9.17, 15) is 23.2 Å². The molecule has 0 aliphatic carbocycles. The summed E-state index contributed by atoms with van der Waals surface area (Å²) in [6, 6.07) is 8.73. The number of nitrogens with one attached hydrogen (secondary N) is 2. The molecule has 3 rings (SSSR count). The Morgan fingerprint density at radius 2 is 1.65 bits per heavy atom. The summed E-state index contributed by atoms with van der Waals surface area (Å²) in [5.41, 5.74) is 0.501. The van der Waals surface area contributed by atoms with Crippen LogP contribution >= 0.6 is 0 Å². The van der Waals surface area contributed by atoms with Crippen molar-refractivity contribution < 1.29 is 23.2 Å². The number of hydrogen-bond donors (Lipinski definition) is 2. The molecule has 0 atom stereocenters. The molecule has 3 amide bonds. The van der Waals surface area contributed by atoms with E-state index in [0.29, 0.717) is 11.6 Å². The molecule has 160 valence electrons. The minimum absolute atomic E-state index is 0.0220. The number of rotatable bonds is 2. The molecule has 2 N–H and O–H groups in total. The molecular formula is C24H22F2N2O3. The number of imide groups is 1. The lowest BCUT2D eigenvalue weighted by atomic mass is 9.89. The summed E-state index contributed by atoms with van der Waals surface area (Å²) in [4.78, 5) is 35.4. The summed E-state index contributed by atoms with van der Waals surface area (Å²) in [6.07, 6.45) is 0.465. The maximum absolute atomic E-state index is 14.3. The van der Waals surface area contributed by atoms with Gasteiger partial charge in [-0.2, -0.15) is 0 Å². The molecule has 1 saturated heterocycles. The van der Waals surface area contributed by atoms with Crippen LogP contribution in [0.1, 0.15) is 56.2 Å². The highest BCUT2D eigenvalue weighted by molar-refractivity contribution is 5.98. The van der Waals surface area contributed by atoms with Crippen molar-refractivity contribution in [1.29, 1.82) is 0 Å². The molecule has 0 spiro atoms. The molecule has 0 radical (unpaired) electrons. The second-order valence-electron chi connectivity index (χ2n) is 8.46. The molecule has 0 saturated carbocycles. The fourth-order valence-electron chi connectivity index (χ4n) is 3.09. The van der Waals surface area contributed by atoms with Crippen LogP contribution in [-0.2, 0) is 14.4 Å². The summed E-state index contributed by atoms with van der Waals surface area (Å²) >= 11 is 0. The van der Waals surface area contributed by atoms with Crippen molar-refractivity contribution in [3.8, 4) is 11.8 Å². The minimum Gasteiger partial charge on any atom is -0.322 e. The van der Waals surface area contributed by atoms with Gasteiger partial charge in [0.25, 0.3) is 0 Å². The van der Waals surface area contributed by atoms with Crippen molar-refractivity contribution in [2.75, 3.05) is 5.32 Å². The summed E-state index contributed by atoms with van der Waals surface area (Å²) in [6.45, 7) is 5.04. The first kappa shape index (κ1) is 22.2. The fourth-order valence-corrected chi connectivity index (χ4v) is 3.09. The zero-order valence-corrected chi connectivity index (χ0v) is 17.4. The molecule has 2 aromatic carbocycles. The Morgan fingerprint density at radius 3 is 2.23 bits per heavy atom. The Labute approximate surface area is 179 Å². The molecule has 2 aromatic rings. The zero-order valence-electron chi connectivity index (χ0n) is 17.4. The van der Waals surface area contributed by atoms with Gasteiger partial charge in [0.1, 0.15) is 5.82 Å². The Kier molecular flexibility index (Phi) is 6.21. The van der Waals surface area contributed by atoms with Crippen LogP contribution in [0.3, 0.4) is 0 Å². The SMILES string of the molecule is CC(C)(C)C(=O)Nc1c(F)cc(F)cc1C#Cc1ccc(C2CC(=O)NC(=O)C2)cc1. The number of piperidine rings is 1. The average molecular weight is 424 g/mol. The van der Waals surface area contributed by atoms with Gasteiger partial charge in [-0.3, -0.25) is 19.7 Å². The fraction of sp³-hybridized carbons (Fsp3) is 0.292. The number of benzene rings is 2. The monoisotopic (exact) mass is 424 g/mol. The van der Waals surface area contributed by atoms with Gasteiger partial charge in [-0.15, -0.1) is 0 Å². The van der Waals surface area contributed by atoms with E-state index in [1.165, 1.54) is 0 Å². The summed E-state index contributed by atoms with van der Waals surface area (Å²) in [5.74, 6) is 2.63. The third-order valence-corrected chi connectivity index (χ3v) is 4.84. The Morgan fingerprint density at radius 1 is 1.03 bits per heavy atom. The first-order valence-corrected chi connectivity index (χ1v) is 9.78. The second kappa shape index (κ2) is 8.68. The van der Waals surface area contributed by atoms with Gasteiger partial charge in [0.05, 0.1) is 11.3 Å². The van der Waals surface area contributed by atoms with Crippen molar-refractivity contribution in [3.63, 3.8) is 0 Å². The maximum Gasteiger partial charge on any atom is 0.229 e. The van der Waals surface area contributed by atoms with Gasteiger partial charge in [-0.05, 0) is 23.8 Å². The Balaban J connectivity index is 1.85. The second-order valence-corrected chi connectivity index (χ2v) is 8.46. The van der Waals surface area contributed by atoms with Crippen molar-refractivity contribution >= 4 is 23.4 Å². The number of halogens is 2. The van der Waals surface area contributed by atoms with E-state index in [0.717, 1.165) is 11.6 Å². The average Bonchev–Trinajstić information content (AvgIpc) is 2.67. The van der Waals surface area contributed by atoms with E-state index in [-0.39, 0.29) is 41.8 Å². The first-order chi connectivity index (χ1) is 14.5. The predicted molar refractivity (Wildman–Crippen MR) is 112 cm³/mol. The van der Waals surface area contributed by atoms with Crippen LogP contribution < -0.4 is 10.6 Å². The standard InChI is InChI=1S/C24H22F2N2O3/c1-24(2,3)23(31)28-22-16(10-18(25)13-19(22)26)9-6-14-4-7-15(8-5-14)17-11-20(29)27-21(30)12-17/h4-5,7-8,10,13,17H,11-12H2,1-3H3,(H,28,31)(H,27,29,30).